The Balaban J connectivity index is 2.34. The molecular formula is C13H19FN2O. The fraction of sp³-hybridized carbons (Fsp3) is 0.538. The number of β-amino-alcohol motifs (C(OH)–C–C–N with tert-alkyl or cyclic N) is 1. The highest BCUT2D eigenvalue weighted by Gasteiger charge is 2.22. The lowest BCUT2D eigenvalue weighted by atomic mass is 10.0. The van der Waals surface area contributed by atoms with E-state index in [-0.39, 0.29) is 18.0 Å². The van der Waals surface area contributed by atoms with Gasteiger partial charge in [-0.15, -0.1) is 0 Å². The van der Waals surface area contributed by atoms with Crippen molar-refractivity contribution in [1.82, 2.24) is 0 Å². The number of aliphatic hydroxyl groups excluding tert-OH is 1. The van der Waals surface area contributed by atoms with Gasteiger partial charge in [-0.25, -0.2) is 4.39 Å². The summed E-state index contributed by atoms with van der Waals surface area (Å²) in [6.45, 7) is 3.19. The lowest BCUT2D eigenvalue weighted by Crippen LogP contribution is -2.39. The van der Waals surface area contributed by atoms with Crippen LogP contribution in [-0.4, -0.2) is 24.3 Å². The van der Waals surface area contributed by atoms with Gasteiger partial charge in [0.2, 0.25) is 0 Å². The largest absolute Gasteiger partial charge is 0.391 e. The van der Waals surface area contributed by atoms with Crippen molar-refractivity contribution >= 4 is 5.69 Å². The standard InChI is InChI=1S/C13H19FN2O/c1-9(15)13-11(14)5-2-6-12(13)16-7-3-4-10(17)8-16/h2,5-6,9-10,17H,3-4,7-8,15H2,1H3. The summed E-state index contributed by atoms with van der Waals surface area (Å²) in [5, 5.41) is 9.67. The molecule has 0 aromatic heterocycles. The monoisotopic (exact) mass is 238 g/mol. The molecule has 0 saturated carbocycles. The van der Waals surface area contributed by atoms with Crippen molar-refractivity contribution in [2.75, 3.05) is 18.0 Å². The second-order valence-electron chi connectivity index (χ2n) is 4.70. The van der Waals surface area contributed by atoms with Crippen LogP contribution in [0.2, 0.25) is 0 Å². The Bertz CT molecular complexity index is 395. The van der Waals surface area contributed by atoms with Gasteiger partial charge in [0.15, 0.2) is 0 Å². The molecule has 1 aromatic rings. The molecule has 2 atom stereocenters. The van der Waals surface area contributed by atoms with Crippen LogP contribution in [-0.2, 0) is 0 Å². The summed E-state index contributed by atoms with van der Waals surface area (Å²) in [5.74, 6) is -0.266. The Labute approximate surface area is 101 Å². The van der Waals surface area contributed by atoms with Crippen molar-refractivity contribution in [2.24, 2.45) is 5.73 Å². The first-order chi connectivity index (χ1) is 8.09. The molecule has 2 unspecified atom stereocenters. The second-order valence-corrected chi connectivity index (χ2v) is 4.70. The SMILES string of the molecule is CC(N)c1c(F)cccc1N1CCCC(O)C1. The Hall–Kier alpha value is -1.13. The number of benzene rings is 1. The molecule has 17 heavy (non-hydrogen) atoms. The van der Waals surface area contributed by atoms with Crippen LogP contribution < -0.4 is 10.6 Å². The van der Waals surface area contributed by atoms with Crippen LogP contribution in [0.15, 0.2) is 18.2 Å². The maximum atomic E-state index is 13.8. The molecule has 0 radical (unpaired) electrons. The minimum atomic E-state index is -0.342. The lowest BCUT2D eigenvalue weighted by Gasteiger charge is -2.34. The van der Waals surface area contributed by atoms with E-state index in [1.54, 1.807) is 13.0 Å². The highest BCUT2D eigenvalue weighted by atomic mass is 19.1. The van der Waals surface area contributed by atoms with Crippen molar-refractivity contribution in [1.29, 1.82) is 0 Å². The molecule has 94 valence electrons. The molecule has 1 aliphatic rings. The first kappa shape index (κ1) is 12.3. The van der Waals surface area contributed by atoms with Gasteiger partial charge in [0.25, 0.3) is 0 Å². The van der Waals surface area contributed by atoms with Gasteiger partial charge >= 0.3 is 0 Å². The van der Waals surface area contributed by atoms with Crippen LogP contribution in [0.3, 0.4) is 0 Å². The fourth-order valence-corrected chi connectivity index (χ4v) is 2.43. The highest BCUT2D eigenvalue weighted by Crippen LogP contribution is 2.29. The molecule has 2 rings (SSSR count). The molecule has 1 heterocycles. The normalized spacial score (nSPS) is 22.6. The third-order valence-corrected chi connectivity index (χ3v) is 3.22. The molecule has 0 amide bonds. The number of hydrogen-bond acceptors (Lipinski definition) is 3. The van der Waals surface area contributed by atoms with Crippen molar-refractivity contribution in [3.05, 3.63) is 29.6 Å². The van der Waals surface area contributed by atoms with Gasteiger partial charge in [-0.2, -0.15) is 0 Å². The number of nitrogens with zero attached hydrogens (tertiary/aromatic N) is 1. The van der Waals surface area contributed by atoms with Crippen LogP contribution in [0.4, 0.5) is 10.1 Å². The summed E-state index contributed by atoms with van der Waals surface area (Å²) in [6, 6.07) is 4.66. The summed E-state index contributed by atoms with van der Waals surface area (Å²) >= 11 is 0. The lowest BCUT2D eigenvalue weighted by molar-refractivity contribution is 0.154. The van der Waals surface area contributed by atoms with Gasteiger partial charge in [0.1, 0.15) is 5.82 Å². The van der Waals surface area contributed by atoms with Crippen LogP contribution in [0, 0.1) is 5.82 Å². The van der Waals surface area contributed by atoms with E-state index in [4.69, 9.17) is 5.73 Å². The molecule has 1 saturated heterocycles. The van der Waals surface area contributed by atoms with Gasteiger partial charge in [0, 0.05) is 30.4 Å². The highest BCUT2D eigenvalue weighted by molar-refractivity contribution is 5.55. The van der Waals surface area contributed by atoms with Crippen molar-refractivity contribution < 1.29 is 9.50 Å². The van der Waals surface area contributed by atoms with Crippen LogP contribution in [0.25, 0.3) is 0 Å². The first-order valence-corrected chi connectivity index (χ1v) is 6.06. The van der Waals surface area contributed by atoms with Crippen molar-refractivity contribution in [3.63, 3.8) is 0 Å². The smallest absolute Gasteiger partial charge is 0.130 e. The van der Waals surface area contributed by atoms with Gasteiger partial charge in [-0.3, -0.25) is 0 Å². The Morgan fingerprint density at radius 2 is 2.29 bits per heavy atom. The van der Waals surface area contributed by atoms with E-state index in [0.29, 0.717) is 12.1 Å². The molecule has 0 spiro atoms. The van der Waals surface area contributed by atoms with E-state index in [1.165, 1.54) is 6.07 Å². The molecule has 4 heteroatoms. The van der Waals surface area contributed by atoms with Gasteiger partial charge in [-0.1, -0.05) is 6.07 Å². The molecule has 0 bridgehead atoms. The molecule has 3 nitrogen and oxygen atoms in total. The number of piperidine rings is 1. The average Bonchev–Trinajstić information content (AvgIpc) is 2.28. The number of halogens is 1. The van der Waals surface area contributed by atoms with Gasteiger partial charge in [-0.05, 0) is 31.9 Å². The number of nitrogens with two attached hydrogens (primary N) is 1. The van der Waals surface area contributed by atoms with E-state index < -0.39 is 0 Å². The average molecular weight is 238 g/mol. The van der Waals surface area contributed by atoms with E-state index >= 15 is 0 Å². The van der Waals surface area contributed by atoms with Gasteiger partial charge in [0.05, 0.1) is 6.10 Å². The molecule has 1 aliphatic heterocycles. The molecule has 1 aromatic carbocycles. The zero-order chi connectivity index (χ0) is 12.4. The third-order valence-electron chi connectivity index (χ3n) is 3.22. The van der Waals surface area contributed by atoms with E-state index in [0.717, 1.165) is 25.1 Å². The molecular weight excluding hydrogens is 219 g/mol. The zero-order valence-corrected chi connectivity index (χ0v) is 10.1. The number of anilines is 1. The van der Waals surface area contributed by atoms with Crippen LogP contribution in [0.1, 0.15) is 31.4 Å². The first-order valence-electron chi connectivity index (χ1n) is 6.06. The number of aliphatic hydroxyl groups is 1. The number of hydrogen-bond donors (Lipinski definition) is 2. The Morgan fingerprint density at radius 3 is 2.94 bits per heavy atom. The van der Waals surface area contributed by atoms with E-state index in [9.17, 15) is 9.50 Å². The summed E-state index contributed by atoms with van der Waals surface area (Å²) in [6.07, 6.45) is 1.42. The molecule has 3 N–H and O–H groups in total. The quantitative estimate of drug-likeness (QED) is 0.826. The predicted octanol–water partition coefficient (Wildman–Crippen LogP) is 1.81. The summed E-state index contributed by atoms with van der Waals surface area (Å²) < 4.78 is 13.8. The Kier molecular flexibility index (Phi) is 3.64. The number of rotatable bonds is 2. The molecule has 1 fully saturated rings. The molecule has 0 aliphatic carbocycles. The van der Waals surface area contributed by atoms with Crippen molar-refractivity contribution in [2.45, 2.75) is 31.9 Å². The van der Waals surface area contributed by atoms with Crippen LogP contribution >= 0.6 is 0 Å². The predicted molar refractivity (Wildman–Crippen MR) is 66.5 cm³/mol. The maximum Gasteiger partial charge on any atom is 0.130 e. The van der Waals surface area contributed by atoms with E-state index in [1.807, 2.05) is 11.0 Å². The zero-order valence-electron chi connectivity index (χ0n) is 10.1. The maximum absolute atomic E-state index is 13.8. The summed E-state index contributed by atoms with van der Waals surface area (Å²) in [4.78, 5) is 2.02. The second kappa shape index (κ2) is 5.02. The van der Waals surface area contributed by atoms with Crippen molar-refractivity contribution in [3.8, 4) is 0 Å². The minimum absolute atomic E-state index is 0.266. The Morgan fingerprint density at radius 1 is 1.53 bits per heavy atom. The summed E-state index contributed by atoms with van der Waals surface area (Å²) in [5.41, 5.74) is 7.19. The summed E-state index contributed by atoms with van der Waals surface area (Å²) in [7, 11) is 0. The fourth-order valence-electron chi connectivity index (χ4n) is 2.43. The van der Waals surface area contributed by atoms with E-state index in [2.05, 4.69) is 0 Å². The van der Waals surface area contributed by atoms with Gasteiger partial charge < -0.3 is 15.7 Å². The minimum Gasteiger partial charge on any atom is -0.391 e. The third kappa shape index (κ3) is 2.58. The topological polar surface area (TPSA) is 49.5 Å². The van der Waals surface area contributed by atoms with Crippen LogP contribution in [0.5, 0.6) is 0 Å².